The monoisotopic (exact) mass is 220 g/mol. The standard InChI is InChI=1S/C11H12N2OS/c1-2-7-6-8-10(15-7)12-9-4-3-5-13(9)11(8)14/h6H,2-5H2,1H3. The van der Waals surface area contributed by atoms with Crippen LogP contribution < -0.4 is 5.56 Å². The molecule has 0 radical (unpaired) electrons. The molecule has 3 rings (SSSR count). The molecule has 0 aromatic carbocycles. The Morgan fingerprint density at radius 3 is 3.27 bits per heavy atom. The van der Waals surface area contributed by atoms with Gasteiger partial charge in [-0.05, 0) is 18.9 Å². The van der Waals surface area contributed by atoms with Gasteiger partial charge in [0, 0.05) is 17.8 Å². The molecule has 3 heterocycles. The summed E-state index contributed by atoms with van der Waals surface area (Å²) in [6, 6.07) is 2.00. The summed E-state index contributed by atoms with van der Waals surface area (Å²) in [4.78, 5) is 18.8. The first-order valence-corrected chi connectivity index (χ1v) is 6.13. The minimum atomic E-state index is 0.156. The van der Waals surface area contributed by atoms with Crippen LogP contribution in [0, 0.1) is 0 Å². The van der Waals surface area contributed by atoms with Crippen LogP contribution in [0.3, 0.4) is 0 Å². The maximum Gasteiger partial charge on any atom is 0.262 e. The topological polar surface area (TPSA) is 34.9 Å². The van der Waals surface area contributed by atoms with E-state index >= 15 is 0 Å². The number of fused-ring (bicyclic) bond motifs is 2. The highest BCUT2D eigenvalue weighted by Gasteiger charge is 2.17. The summed E-state index contributed by atoms with van der Waals surface area (Å²) < 4.78 is 1.83. The van der Waals surface area contributed by atoms with Gasteiger partial charge < -0.3 is 0 Å². The fraction of sp³-hybridized carbons (Fsp3) is 0.455. The van der Waals surface area contributed by atoms with Gasteiger partial charge in [-0.25, -0.2) is 4.98 Å². The van der Waals surface area contributed by atoms with Gasteiger partial charge in [0.2, 0.25) is 0 Å². The Hall–Kier alpha value is -1.16. The molecule has 0 fully saturated rings. The van der Waals surface area contributed by atoms with Crippen molar-refractivity contribution in [2.24, 2.45) is 0 Å². The highest BCUT2D eigenvalue weighted by Crippen LogP contribution is 2.23. The van der Waals surface area contributed by atoms with Crippen molar-refractivity contribution in [1.29, 1.82) is 0 Å². The fourth-order valence-corrected chi connectivity index (χ4v) is 3.08. The molecule has 0 saturated heterocycles. The molecule has 0 spiro atoms. The van der Waals surface area contributed by atoms with E-state index < -0.39 is 0 Å². The van der Waals surface area contributed by atoms with Gasteiger partial charge in [-0.15, -0.1) is 11.3 Å². The second-order valence-electron chi connectivity index (χ2n) is 3.87. The van der Waals surface area contributed by atoms with Gasteiger partial charge in [0.05, 0.1) is 5.39 Å². The lowest BCUT2D eigenvalue weighted by atomic mass is 10.3. The van der Waals surface area contributed by atoms with Crippen molar-refractivity contribution in [3.63, 3.8) is 0 Å². The summed E-state index contributed by atoms with van der Waals surface area (Å²) in [5.41, 5.74) is 0.156. The maximum atomic E-state index is 12.1. The van der Waals surface area contributed by atoms with E-state index in [9.17, 15) is 4.79 Å². The quantitative estimate of drug-likeness (QED) is 0.736. The molecule has 0 atom stereocenters. The van der Waals surface area contributed by atoms with Gasteiger partial charge >= 0.3 is 0 Å². The second-order valence-corrected chi connectivity index (χ2v) is 4.99. The Labute approximate surface area is 91.4 Å². The van der Waals surface area contributed by atoms with Crippen LogP contribution in [-0.4, -0.2) is 9.55 Å². The first-order chi connectivity index (χ1) is 7.29. The van der Waals surface area contributed by atoms with Gasteiger partial charge in [-0.1, -0.05) is 6.92 Å². The van der Waals surface area contributed by atoms with E-state index in [-0.39, 0.29) is 5.56 Å². The Kier molecular flexibility index (Phi) is 1.92. The van der Waals surface area contributed by atoms with Crippen LogP contribution in [0.2, 0.25) is 0 Å². The molecule has 3 nitrogen and oxygen atoms in total. The van der Waals surface area contributed by atoms with E-state index in [2.05, 4.69) is 11.9 Å². The molecule has 0 N–H and O–H groups in total. The largest absolute Gasteiger partial charge is 0.296 e. The van der Waals surface area contributed by atoms with Crippen LogP contribution in [0.15, 0.2) is 10.9 Å². The minimum absolute atomic E-state index is 0.156. The zero-order chi connectivity index (χ0) is 10.4. The van der Waals surface area contributed by atoms with Crippen LogP contribution >= 0.6 is 11.3 Å². The third-order valence-corrected chi connectivity index (χ3v) is 4.09. The molecular formula is C11H12N2OS. The lowest BCUT2D eigenvalue weighted by Crippen LogP contribution is -2.19. The molecular weight excluding hydrogens is 208 g/mol. The maximum absolute atomic E-state index is 12.1. The second kappa shape index (κ2) is 3.17. The molecule has 0 saturated carbocycles. The zero-order valence-electron chi connectivity index (χ0n) is 8.62. The fourth-order valence-electron chi connectivity index (χ4n) is 2.10. The van der Waals surface area contributed by atoms with Crippen LogP contribution in [0.4, 0.5) is 0 Å². The summed E-state index contributed by atoms with van der Waals surface area (Å²) in [6.45, 7) is 2.95. The van der Waals surface area contributed by atoms with Gasteiger partial charge in [0.15, 0.2) is 0 Å². The van der Waals surface area contributed by atoms with Gasteiger partial charge in [0.1, 0.15) is 10.7 Å². The first-order valence-electron chi connectivity index (χ1n) is 5.31. The molecule has 1 aliphatic heterocycles. The lowest BCUT2D eigenvalue weighted by molar-refractivity contribution is 0.720. The van der Waals surface area contributed by atoms with E-state index in [1.165, 1.54) is 4.88 Å². The third kappa shape index (κ3) is 1.24. The van der Waals surface area contributed by atoms with Crippen molar-refractivity contribution in [2.45, 2.75) is 32.7 Å². The molecule has 78 valence electrons. The highest BCUT2D eigenvalue weighted by molar-refractivity contribution is 7.18. The SMILES string of the molecule is CCc1cc2c(=O)n3c(nc2s1)CCC3. The predicted molar refractivity (Wildman–Crippen MR) is 61.6 cm³/mol. The number of aryl methyl sites for hydroxylation is 2. The normalized spacial score (nSPS) is 14.7. The number of rotatable bonds is 1. The molecule has 1 aliphatic rings. The van der Waals surface area contributed by atoms with Crippen molar-refractivity contribution in [2.75, 3.05) is 0 Å². The van der Waals surface area contributed by atoms with Crippen molar-refractivity contribution in [3.8, 4) is 0 Å². The molecule has 0 unspecified atom stereocenters. The molecule has 2 aromatic rings. The number of aromatic nitrogens is 2. The third-order valence-electron chi connectivity index (χ3n) is 2.91. The molecule has 0 bridgehead atoms. The van der Waals surface area contributed by atoms with Crippen LogP contribution in [-0.2, 0) is 19.4 Å². The Balaban J connectivity index is 2.38. The van der Waals surface area contributed by atoms with Crippen molar-refractivity contribution in [3.05, 3.63) is 27.1 Å². The summed E-state index contributed by atoms with van der Waals surface area (Å²) in [6.07, 6.45) is 2.99. The summed E-state index contributed by atoms with van der Waals surface area (Å²) in [7, 11) is 0. The first kappa shape index (κ1) is 9.09. The van der Waals surface area contributed by atoms with E-state index in [0.717, 1.165) is 41.8 Å². The summed E-state index contributed by atoms with van der Waals surface area (Å²) in [5.74, 6) is 0.969. The average molecular weight is 220 g/mol. The number of hydrogen-bond donors (Lipinski definition) is 0. The van der Waals surface area contributed by atoms with Crippen molar-refractivity contribution in [1.82, 2.24) is 9.55 Å². The average Bonchev–Trinajstić information content (AvgIpc) is 2.83. The van der Waals surface area contributed by atoms with E-state index in [4.69, 9.17) is 0 Å². The number of hydrogen-bond acceptors (Lipinski definition) is 3. The zero-order valence-corrected chi connectivity index (χ0v) is 9.43. The Morgan fingerprint density at radius 1 is 1.60 bits per heavy atom. The molecule has 2 aromatic heterocycles. The van der Waals surface area contributed by atoms with E-state index in [1.54, 1.807) is 11.3 Å². The molecule has 4 heteroatoms. The summed E-state index contributed by atoms with van der Waals surface area (Å²) >= 11 is 1.65. The number of thiophene rings is 1. The van der Waals surface area contributed by atoms with Crippen LogP contribution in [0.1, 0.15) is 24.0 Å². The number of nitrogens with zero attached hydrogens (tertiary/aromatic N) is 2. The minimum Gasteiger partial charge on any atom is -0.296 e. The van der Waals surface area contributed by atoms with Gasteiger partial charge in [-0.2, -0.15) is 0 Å². The summed E-state index contributed by atoms with van der Waals surface area (Å²) in [5, 5.41) is 0.808. The predicted octanol–water partition coefficient (Wildman–Crippen LogP) is 1.97. The van der Waals surface area contributed by atoms with Crippen LogP contribution in [0.25, 0.3) is 10.2 Å². The van der Waals surface area contributed by atoms with Crippen molar-refractivity contribution >= 4 is 21.6 Å². The van der Waals surface area contributed by atoms with Crippen molar-refractivity contribution < 1.29 is 0 Å². The molecule has 0 aliphatic carbocycles. The smallest absolute Gasteiger partial charge is 0.262 e. The van der Waals surface area contributed by atoms with E-state index in [1.807, 2.05) is 10.6 Å². The Bertz CT molecular complexity index is 582. The highest BCUT2D eigenvalue weighted by atomic mass is 32.1. The van der Waals surface area contributed by atoms with Crippen LogP contribution in [0.5, 0.6) is 0 Å². The molecule has 0 amide bonds. The Morgan fingerprint density at radius 2 is 2.47 bits per heavy atom. The molecule has 15 heavy (non-hydrogen) atoms. The van der Waals surface area contributed by atoms with E-state index in [0.29, 0.717) is 0 Å². The van der Waals surface area contributed by atoms with Gasteiger partial charge in [0.25, 0.3) is 5.56 Å². The van der Waals surface area contributed by atoms with Gasteiger partial charge in [-0.3, -0.25) is 9.36 Å². The lowest BCUT2D eigenvalue weighted by Gasteiger charge is -2.00.